The smallest absolute Gasteiger partial charge is 0.124 e. The third-order valence-electron chi connectivity index (χ3n) is 2.21. The van der Waals surface area contributed by atoms with Gasteiger partial charge in [0.2, 0.25) is 0 Å². The van der Waals surface area contributed by atoms with Crippen molar-refractivity contribution in [3.05, 3.63) is 11.3 Å². The van der Waals surface area contributed by atoms with Crippen molar-refractivity contribution in [1.29, 1.82) is 0 Å². The fourth-order valence-electron chi connectivity index (χ4n) is 1.44. The van der Waals surface area contributed by atoms with E-state index in [0.717, 1.165) is 30.0 Å². The molecule has 3 nitrogen and oxygen atoms in total. The molecule has 0 fully saturated rings. The van der Waals surface area contributed by atoms with Crippen LogP contribution in [0, 0.1) is 12.8 Å². The molecule has 0 radical (unpaired) electrons. The molecule has 74 valence electrons. The molecule has 0 bridgehead atoms. The van der Waals surface area contributed by atoms with Gasteiger partial charge in [-0.05, 0) is 19.3 Å². The second kappa shape index (κ2) is 3.81. The van der Waals surface area contributed by atoms with Crippen LogP contribution in [0.5, 0.6) is 0 Å². The quantitative estimate of drug-likeness (QED) is 0.775. The second-order valence-electron chi connectivity index (χ2n) is 3.89. The highest BCUT2D eigenvalue weighted by molar-refractivity contribution is 5.42. The molecule has 1 aromatic rings. The largest absolute Gasteiger partial charge is 0.384 e. The SMILES string of the molecule is CCc1nn(CC(C)C)c(N)c1C. The van der Waals surface area contributed by atoms with Gasteiger partial charge in [0.1, 0.15) is 5.82 Å². The summed E-state index contributed by atoms with van der Waals surface area (Å²) in [6.07, 6.45) is 0.959. The van der Waals surface area contributed by atoms with Crippen LogP contribution >= 0.6 is 0 Å². The van der Waals surface area contributed by atoms with E-state index in [9.17, 15) is 0 Å². The Morgan fingerprint density at radius 3 is 2.46 bits per heavy atom. The van der Waals surface area contributed by atoms with E-state index in [1.54, 1.807) is 0 Å². The Labute approximate surface area is 79.9 Å². The summed E-state index contributed by atoms with van der Waals surface area (Å²) in [6, 6.07) is 0. The van der Waals surface area contributed by atoms with E-state index in [1.165, 1.54) is 0 Å². The highest BCUT2D eigenvalue weighted by Gasteiger charge is 2.10. The van der Waals surface area contributed by atoms with Crippen LogP contribution in [0.2, 0.25) is 0 Å². The molecule has 0 aromatic carbocycles. The minimum Gasteiger partial charge on any atom is -0.384 e. The molecule has 13 heavy (non-hydrogen) atoms. The van der Waals surface area contributed by atoms with Gasteiger partial charge in [-0.25, -0.2) is 4.68 Å². The van der Waals surface area contributed by atoms with Crippen LogP contribution in [0.1, 0.15) is 32.0 Å². The number of nitrogens with two attached hydrogens (primary N) is 1. The number of aromatic nitrogens is 2. The number of hydrogen-bond donors (Lipinski definition) is 1. The Balaban J connectivity index is 2.95. The maximum Gasteiger partial charge on any atom is 0.124 e. The van der Waals surface area contributed by atoms with Crippen LogP contribution in [-0.2, 0) is 13.0 Å². The summed E-state index contributed by atoms with van der Waals surface area (Å²) in [5.74, 6) is 1.41. The monoisotopic (exact) mass is 181 g/mol. The van der Waals surface area contributed by atoms with Gasteiger partial charge in [0.15, 0.2) is 0 Å². The van der Waals surface area contributed by atoms with Crippen molar-refractivity contribution < 1.29 is 0 Å². The zero-order valence-corrected chi connectivity index (χ0v) is 8.96. The molecule has 0 aliphatic heterocycles. The fourth-order valence-corrected chi connectivity index (χ4v) is 1.44. The first-order chi connectivity index (χ1) is 6.06. The highest BCUT2D eigenvalue weighted by Crippen LogP contribution is 2.16. The Kier molecular flexibility index (Phi) is 2.96. The van der Waals surface area contributed by atoms with Crippen molar-refractivity contribution in [3.63, 3.8) is 0 Å². The highest BCUT2D eigenvalue weighted by atomic mass is 15.3. The molecule has 0 aliphatic carbocycles. The summed E-state index contributed by atoms with van der Waals surface area (Å²) in [6.45, 7) is 9.39. The van der Waals surface area contributed by atoms with E-state index < -0.39 is 0 Å². The third-order valence-corrected chi connectivity index (χ3v) is 2.21. The van der Waals surface area contributed by atoms with Crippen molar-refractivity contribution in [3.8, 4) is 0 Å². The van der Waals surface area contributed by atoms with Gasteiger partial charge in [-0.15, -0.1) is 0 Å². The van der Waals surface area contributed by atoms with Crippen molar-refractivity contribution >= 4 is 5.82 Å². The molecule has 1 heterocycles. The Morgan fingerprint density at radius 1 is 1.46 bits per heavy atom. The molecule has 2 N–H and O–H groups in total. The van der Waals surface area contributed by atoms with Crippen LogP contribution in [0.25, 0.3) is 0 Å². The maximum absolute atomic E-state index is 5.93. The molecule has 0 amide bonds. The lowest BCUT2D eigenvalue weighted by Gasteiger charge is -2.06. The molecule has 0 spiro atoms. The first-order valence-corrected chi connectivity index (χ1v) is 4.88. The van der Waals surface area contributed by atoms with E-state index in [-0.39, 0.29) is 0 Å². The van der Waals surface area contributed by atoms with Gasteiger partial charge in [-0.2, -0.15) is 5.10 Å². The van der Waals surface area contributed by atoms with E-state index in [2.05, 4.69) is 25.9 Å². The van der Waals surface area contributed by atoms with E-state index in [0.29, 0.717) is 5.92 Å². The normalized spacial score (nSPS) is 11.2. The van der Waals surface area contributed by atoms with E-state index >= 15 is 0 Å². The maximum atomic E-state index is 5.93. The Hall–Kier alpha value is -0.990. The van der Waals surface area contributed by atoms with Crippen molar-refractivity contribution in [1.82, 2.24) is 9.78 Å². The first kappa shape index (κ1) is 10.1. The summed E-state index contributed by atoms with van der Waals surface area (Å²) < 4.78 is 1.92. The van der Waals surface area contributed by atoms with Gasteiger partial charge in [-0.1, -0.05) is 20.8 Å². The van der Waals surface area contributed by atoms with Gasteiger partial charge in [-0.3, -0.25) is 0 Å². The molecule has 0 saturated heterocycles. The minimum absolute atomic E-state index is 0.589. The van der Waals surface area contributed by atoms with E-state index in [1.807, 2.05) is 11.6 Å². The minimum atomic E-state index is 0.589. The van der Waals surface area contributed by atoms with E-state index in [4.69, 9.17) is 5.73 Å². The molecule has 0 atom stereocenters. The molecular formula is C10H19N3. The van der Waals surface area contributed by atoms with Crippen LogP contribution in [0.15, 0.2) is 0 Å². The Morgan fingerprint density at radius 2 is 2.08 bits per heavy atom. The average molecular weight is 181 g/mol. The molecule has 3 heteroatoms. The number of nitrogens with zero attached hydrogens (tertiary/aromatic N) is 2. The zero-order valence-electron chi connectivity index (χ0n) is 8.96. The lowest BCUT2D eigenvalue weighted by atomic mass is 10.2. The topological polar surface area (TPSA) is 43.8 Å². The fraction of sp³-hybridized carbons (Fsp3) is 0.700. The number of anilines is 1. The van der Waals surface area contributed by atoms with Gasteiger partial charge in [0.25, 0.3) is 0 Å². The van der Waals surface area contributed by atoms with Crippen molar-refractivity contribution in [2.45, 2.75) is 40.7 Å². The van der Waals surface area contributed by atoms with Crippen LogP contribution in [0.4, 0.5) is 5.82 Å². The third kappa shape index (κ3) is 2.02. The van der Waals surface area contributed by atoms with Gasteiger partial charge in [0, 0.05) is 12.1 Å². The van der Waals surface area contributed by atoms with Crippen LogP contribution in [-0.4, -0.2) is 9.78 Å². The number of aryl methyl sites for hydroxylation is 1. The lowest BCUT2D eigenvalue weighted by molar-refractivity contribution is 0.485. The molecule has 0 saturated carbocycles. The second-order valence-corrected chi connectivity index (χ2v) is 3.89. The molecule has 1 aromatic heterocycles. The predicted molar refractivity (Wildman–Crippen MR) is 55.6 cm³/mol. The summed E-state index contributed by atoms with van der Waals surface area (Å²) in [7, 11) is 0. The summed E-state index contributed by atoms with van der Waals surface area (Å²) >= 11 is 0. The number of rotatable bonds is 3. The number of hydrogen-bond acceptors (Lipinski definition) is 2. The van der Waals surface area contributed by atoms with Crippen molar-refractivity contribution in [2.24, 2.45) is 5.92 Å². The summed E-state index contributed by atoms with van der Waals surface area (Å²) in [5.41, 5.74) is 8.19. The molecule has 0 aliphatic rings. The summed E-state index contributed by atoms with van der Waals surface area (Å²) in [4.78, 5) is 0. The van der Waals surface area contributed by atoms with Gasteiger partial charge in [0.05, 0.1) is 5.69 Å². The summed E-state index contributed by atoms with van der Waals surface area (Å²) in [5, 5.41) is 4.46. The molecule has 1 rings (SSSR count). The lowest BCUT2D eigenvalue weighted by Crippen LogP contribution is -2.09. The molecule has 0 unspecified atom stereocenters. The standard InChI is InChI=1S/C10H19N3/c1-5-9-8(4)10(11)13(12-9)6-7(2)3/h7H,5-6,11H2,1-4H3. The van der Waals surface area contributed by atoms with Crippen LogP contribution in [0.3, 0.4) is 0 Å². The zero-order chi connectivity index (χ0) is 10.0. The Bertz CT molecular complexity index is 287. The van der Waals surface area contributed by atoms with Gasteiger partial charge >= 0.3 is 0 Å². The molecular weight excluding hydrogens is 162 g/mol. The number of nitrogen functional groups attached to an aromatic ring is 1. The first-order valence-electron chi connectivity index (χ1n) is 4.88. The van der Waals surface area contributed by atoms with Gasteiger partial charge < -0.3 is 5.73 Å². The van der Waals surface area contributed by atoms with Crippen LogP contribution < -0.4 is 5.73 Å². The van der Waals surface area contributed by atoms with Crippen molar-refractivity contribution in [2.75, 3.05) is 5.73 Å². The average Bonchev–Trinajstić information content (AvgIpc) is 2.32. The predicted octanol–water partition coefficient (Wildman–Crippen LogP) is 1.99.